The van der Waals surface area contributed by atoms with Crippen LogP contribution in [0.1, 0.15) is 43.6 Å². The molecular weight excluding hydrogens is 542 g/mol. The summed E-state index contributed by atoms with van der Waals surface area (Å²) < 4.78 is 20.7. The van der Waals surface area contributed by atoms with E-state index < -0.39 is 50.0 Å². The number of aromatic nitrogens is 1. The Hall–Kier alpha value is -2.25. The van der Waals surface area contributed by atoms with Crippen LogP contribution in [-0.4, -0.2) is 100 Å². The molecule has 1 aliphatic heterocycles. The summed E-state index contributed by atoms with van der Waals surface area (Å²) in [6, 6.07) is 4.62. The molecule has 13 nitrogen and oxygen atoms in total. The predicted octanol–water partition coefficient (Wildman–Crippen LogP) is 0.362. The standard InChI is InChI=1S/C24H33N4O9P.Na.H/c1-13(2)9-18(28-24(32)19-11-15-16(26-19)5-4-6-21(15)36-3)23(31)27-17(10-14-7-8-25-22(14)30)20(29)12-37-38(33,34)35;;/h4-6,11,13-14,17-18,26H,7-10,12H2,1-3H3,(H,25,30)(H,27,31)(H,28,32)(H2,33,34,35);;/t14-,17-,18-;;/m0../s1. The van der Waals surface area contributed by atoms with Gasteiger partial charge in [0.05, 0.1) is 13.2 Å². The Morgan fingerprint density at radius 3 is 2.49 bits per heavy atom. The molecule has 210 valence electrons. The van der Waals surface area contributed by atoms with Crippen molar-refractivity contribution in [3.05, 3.63) is 30.0 Å². The molecule has 0 unspecified atom stereocenters. The summed E-state index contributed by atoms with van der Waals surface area (Å²) in [5.74, 6) is -2.32. The van der Waals surface area contributed by atoms with Gasteiger partial charge >= 0.3 is 37.4 Å². The van der Waals surface area contributed by atoms with Crippen LogP contribution < -0.4 is 20.7 Å². The number of phosphoric acid groups is 1. The monoisotopic (exact) mass is 576 g/mol. The molecule has 1 aliphatic rings. The van der Waals surface area contributed by atoms with Crippen LogP contribution in [0.5, 0.6) is 5.75 Å². The van der Waals surface area contributed by atoms with Crippen molar-refractivity contribution in [2.75, 3.05) is 20.3 Å². The third-order valence-electron chi connectivity index (χ3n) is 6.18. The summed E-state index contributed by atoms with van der Waals surface area (Å²) in [4.78, 5) is 72.1. The SMILES string of the molecule is COc1cccc2[nH]c(C(=O)N[C@@H](CC(C)C)C(=O)N[C@@H](C[C@@H]3CCNC3=O)C(=O)COP(=O)(O)O)cc12.[NaH]. The van der Waals surface area contributed by atoms with Crippen LogP contribution in [0.4, 0.5) is 0 Å². The fourth-order valence-electron chi connectivity index (χ4n) is 4.31. The zero-order chi connectivity index (χ0) is 28.0. The molecule has 0 aliphatic carbocycles. The van der Waals surface area contributed by atoms with Crippen LogP contribution in [0.3, 0.4) is 0 Å². The van der Waals surface area contributed by atoms with Crippen LogP contribution in [-0.2, 0) is 23.5 Å². The van der Waals surface area contributed by atoms with Crippen molar-refractivity contribution in [1.29, 1.82) is 0 Å². The van der Waals surface area contributed by atoms with Crippen molar-refractivity contribution in [3.8, 4) is 5.75 Å². The van der Waals surface area contributed by atoms with Crippen LogP contribution in [0.25, 0.3) is 10.9 Å². The second-order valence-electron chi connectivity index (χ2n) is 9.56. The van der Waals surface area contributed by atoms with Crippen molar-refractivity contribution in [1.82, 2.24) is 20.9 Å². The normalized spacial score (nSPS) is 16.8. The van der Waals surface area contributed by atoms with E-state index in [1.165, 1.54) is 7.11 Å². The molecule has 0 saturated carbocycles. The average molecular weight is 577 g/mol. The summed E-state index contributed by atoms with van der Waals surface area (Å²) in [6.07, 6.45) is 0.601. The van der Waals surface area contributed by atoms with E-state index in [1.54, 1.807) is 24.3 Å². The fraction of sp³-hybridized carbons (Fsp3) is 0.500. The summed E-state index contributed by atoms with van der Waals surface area (Å²) >= 11 is 0. The average Bonchev–Trinajstić information content (AvgIpc) is 3.46. The second kappa shape index (κ2) is 14.4. The third-order valence-corrected chi connectivity index (χ3v) is 6.65. The van der Waals surface area contributed by atoms with Crippen molar-refractivity contribution in [3.63, 3.8) is 0 Å². The number of phosphoric ester groups is 1. The van der Waals surface area contributed by atoms with Gasteiger partial charge in [-0.25, -0.2) is 4.57 Å². The quantitative estimate of drug-likeness (QED) is 0.144. The summed E-state index contributed by atoms with van der Waals surface area (Å²) in [5, 5.41) is 8.60. The zero-order valence-electron chi connectivity index (χ0n) is 21.4. The first-order chi connectivity index (χ1) is 17.9. The Morgan fingerprint density at radius 2 is 1.90 bits per heavy atom. The van der Waals surface area contributed by atoms with E-state index in [0.29, 0.717) is 29.6 Å². The maximum absolute atomic E-state index is 13.3. The molecule has 0 bridgehead atoms. The predicted molar refractivity (Wildman–Crippen MR) is 143 cm³/mol. The Labute approximate surface area is 247 Å². The Morgan fingerprint density at radius 1 is 1.18 bits per heavy atom. The molecule has 3 atom stereocenters. The number of methoxy groups -OCH3 is 1. The molecule has 1 saturated heterocycles. The molecule has 3 rings (SSSR count). The summed E-state index contributed by atoms with van der Waals surface area (Å²) in [5.41, 5.74) is 0.876. The number of carbonyl (C=O) groups excluding carboxylic acids is 4. The molecule has 2 aromatic rings. The van der Waals surface area contributed by atoms with E-state index in [2.05, 4.69) is 25.5 Å². The molecule has 3 amide bonds. The van der Waals surface area contributed by atoms with Gasteiger partial charge in [-0.3, -0.25) is 23.7 Å². The molecule has 15 heteroatoms. The Kier molecular flexibility index (Phi) is 12.2. The minimum atomic E-state index is -4.93. The van der Waals surface area contributed by atoms with E-state index in [4.69, 9.17) is 14.5 Å². The molecule has 0 spiro atoms. The number of rotatable bonds is 13. The first kappa shape index (κ1) is 33.0. The number of hydrogen-bond donors (Lipinski definition) is 6. The fourth-order valence-corrected chi connectivity index (χ4v) is 4.61. The maximum atomic E-state index is 13.3. The van der Waals surface area contributed by atoms with Crippen molar-refractivity contribution >= 4 is 71.8 Å². The summed E-state index contributed by atoms with van der Waals surface area (Å²) in [7, 11) is -3.42. The van der Waals surface area contributed by atoms with Gasteiger partial charge in [0.25, 0.3) is 5.91 Å². The van der Waals surface area contributed by atoms with Gasteiger partial charge < -0.3 is 35.5 Å². The number of fused-ring (bicyclic) bond motifs is 1. The number of ketones is 1. The van der Waals surface area contributed by atoms with E-state index in [9.17, 15) is 23.7 Å². The van der Waals surface area contributed by atoms with Crippen molar-refractivity contribution in [2.45, 2.75) is 45.2 Å². The number of aromatic amines is 1. The van der Waals surface area contributed by atoms with Gasteiger partial charge in [0.2, 0.25) is 11.8 Å². The van der Waals surface area contributed by atoms with Gasteiger partial charge in [-0.15, -0.1) is 0 Å². The van der Waals surface area contributed by atoms with Crippen LogP contribution in [0, 0.1) is 11.8 Å². The van der Waals surface area contributed by atoms with Gasteiger partial charge in [-0.1, -0.05) is 19.9 Å². The van der Waals surface area contributed by atoms with Gasteiger partial charge in [0.15, 0.2) is 5.78 Å². The molecule has 39 heavy (non-hydrogen) atoms. The number of ether oxygens (including phenoxy) is 1. The number of nitrogens with one attached hydrogen (secondary N) is 4. The van der Waals surface area contributed by atoms with Crippen molar-refractivity contribution < 1.29 is 42.8 Å². The first-order valence-electron chi connectivity index (χ1n) is 12.2. The molecule has 6 N–H and O–H groups in total. The Bertz CT molecular complexity index is 1250. The van der Waals surface area contributed by atoms with E-state index in [1.807, 2.05) is 13.8 Å². The molecule has 1 aromatic heterocycles. The zero-order valence-corrected chi connectivity index (χ0v) is 22.2. The number of benzene rings is 1. The topological polar surface area (TPSA) is 196 Å². The van der Waals surface area contributed by atoms with Gasteiger partial charge in [-0.05, 0) is 43.4 Å². The molecule has 1 aromatic carbocycles. The first-order valence-corrected chi connectivity index (χ1v) is 13.7. The van der Waals surface area contributed by atoms with Crippen molar-refractivity contribution in [2.24, 2.45) is 11.8 Å². The number of H-pyrrole nitrogens is 1. The number of carbonyl (C=O) groups is 4. The van der Waals surface area contributed by atoms with E-state index in [0.717, 1.165) is 0 Å². The van der Waals surface area contributed by atoms with Gasteiger partial charge in [-0.2, -0.15) is 0 Å². The van der Waals surface area contributed by atoms with Gasteiger partial charge in [0.1, 0.15) is 24.1 Å². The number of Topliss-reactive ketones (excluding diaryl/α,β-unsaturated/α-hetero) is 1. The minimum absolute atomic E-state index is 0. The van der Waals surface area contributed by atoms with Crippen LogP contribution in [0.15, 0.2) is 24.3 Å². The second-order valence-corrected chi connectivity index (χ2v) is 10.8. The van der Waals surface area contributed by atoms with Gasteiger partial charge in [0, 0.05) is 23.4 Å². The third kappa shape index (κ3) is 9.42. The number of hydrogen-bond acceptors (Lipinski definition) is 7. The summed E-state index contributed by atoms with van der Waals surface area (Å²) in [6.45, 7) is 3.18. The van der Waals surface area contributed by atoms with Crippen LogP contribution >= 0.6 is 7.82 Å². The van der Waals surface area contributed by atoms with Crippen LogP contribution in [0.2, 0.25) is 0 Å². The molecule has 1 fully saturated rings. The Balaban J connectivity index is 0.00000533. The molecular formula is C24H34N4NaO9P. The molecule has 0 radical (unpaired) electrons. The van der Waals surface area contributed by atoms with E-state index >= 15 is 0 Å². The number of amides is 3. The molecule has 2 heterocycles. The van der Waals surface area contributed by atoms with E-state index in [-0.39, 0.29) is 59.9 Å².